The van der Waals surface area contributed by atoms with Gasteiger partial charge in [0.05, 0.1) is 35.1 Å². The smallest absolute Gasteiger partial charge is 0.271 e. The van der Waals surface area contributed by atoms with Crippen LogP contribution in [0.2, 0.25) is 5.02 Å². The van der Waals surface area contributed by atoms with Crippen molar-refractivity contribution in [2.24, 2.45) is 4.99 Å². The molecule has 4 aromatic carbocycles. The summed E-state index contributed by atoms with van der Waals surface area (Å²) in [5, 5.41) is 3.58. The Morgan fingerprint density at radius 1 is 0.886 bits per heavy atom. The van der Waals surface area contributed by atoms with Crippen molar-refractivity contribution >= 4 is 51.7 Å². The Morgan fingerprint density at radius 2 is 1.55 bits per heavy atom. The predicted octanol–water partition coefficient (Wildman–Crippen LogP) is 5.44. The number of allylic oxidation sites excluding steroid dienone is 1. The zero-order chi connectivity index (χ0) is 30.4. The first kappa shape index (κ1) is 27.8. The Labute approximate surface area is 261 Å². The molecule has 2 amide bonds. The maximum absolute atomic E-state index is 14.4. The number of fused-ring (bicyclic) bond motifs is 2. The molecule has 0 aliphatic carbocycles. The standard InChI is InChI=1S/C35H25ClN4O3S/c1-21-28(32(41)38-25-12-6-3-7-13-25)30(23-10-4-2-5-11-23)40-34(43)31(44-35(40)37-21)29-26-14-8-9-15-27(26)39(33(29)42)20-22-16-18-24(36)19-17-22/h2-19,30H,20H2,1H3,(H,38,41)/b31-29+/t30-/m0/s1. The van der Waals surface area contributed by atoms with E-state index in [9.17, 15) is 14.4 Å². The van der Waals surface area contributed by atoms with Crippen LogP contribution in [-0.4, -0.2) is 16.4 Å². The van der Waals surface area contributed by atoms with Gasteiger partial charge in [-0.15, -0.1) is 0 Å². The van der Waals surface area contributed by atoms with Gasteiger partial charge in [0, 0.05) is 16.3 Å². The number of hydrogen-bond donors (Lipinski definition) is 1. The zero-order valence-electron chi connectivity index (χ0n) is 23.5. The number of anilines is 2. The number of nitrogens with zero attached hydrogens (tertiary/aromatic N) is 3. The van der Waals surface area contributed by atoms with E-state index in [1.807, 2.05) is 84.9 Å². The van der Waals surface area contributed by atoms with Gasteiger partial charge in [-0.3, -0.25) is 19.0 Å². The molecular weight excluding hydrogens is 592 g/mol. The first-order valence-corrected chi connectivity index (χ1v) is 15.2. The second kappa shape index (κ2) is 11.2. The molecule has 1 atom stereocenters. The van der Waals surface area contributed by atoms with Crippen LogP contribution in [0.5, 0.6) is 0 Å². The number of amides is 2. The highest BCUT2D eigenvalue weighted by molar-refractivity contribution is 7.07. The van der Waals surface area contributed by atoms with Gasteiger partial charge in [0.1, 0.15) is 4.53 Å². The summed E-state index contributed by atoms with van der Waals surface area (Å²) in [6.07, 6.45) is 0. The maximum atomic E-state index is 14.4. The van der Waals surface area contributed by atoms with E-state index in [0.717, 1.165) is 16.8 Å². The van der Waals surface area contributed by atoms with Gasteiger partial charge in [0.15, 0.2) is 4.80 Å². The number of hydrogen-bond acceptors (Lipinski definition) is 5. The fourth-order valence-corrected chi connectivity index (χ4v) is 7.02. The maximum Gasteiger partial charge on any atom is 0.271 e. The lowest BCUT2D eigenvalue weighted by molar-refractivity contribution is -0.114. The van der Waals surface area contributed by atoms with E-state index in [0.29, 0.717) is 49.0 Å². The minimum absolute atomic E-state index is 0.263. The van der Waals surface area contributed by atoms with Gasteiger partial charge >= 0.3 is 0 Å². The van der Waals surface area contributed by atoms with E-state index in [1.54, 1.807) is 40.7 Å². The largest absolute Gasteiger partial charge is 0.322 e. The summed E-state index contributed by atoms with van der Waals surface area (Å²) < 4.78 is 1.84. The molecule has 0 fully saturated rings. The minimum Gasteiger partial charge on any atom is -0.322 e. The van der Waals surface area contributed by atoms with Crippen LogP contribution in [-0.2, 0) is 16.1 Å². The van der Waals surface area contributed by atoms with Crippen LogP contribution in [0, 0.1) is 0 Å². The number of benzene rings is 4. The molecule has 0 spiro atoms. The molecule has 9 heteroatoms. The number of rotatable bonds is 5. The quantitative estimate of drug-likeness (QED) is 0.285. The van der Waals surface area contributed by atoms with Crippen molar-refractivity contribution in [3.63, 3.8) is 0 Å². The summed E-state index contributed by atoms with van der Waals surface area (Å²) in [5.74, 6) is -0.610. The van der Waals surface area contributed by atoms with Crippen LogP contribution in [0.15, 0.2) is 130 Å². The molecule has 1 aromatic heterocycles. The lowest BCUT2D eigenvalue weighted by Crippen LogP contribution is -2.41. The molecule has 7 nitrogen and oxygen atoms in total. The van der Waals surface area contributed by atoms with Gasteiger partial charge in [-0.2, -0.15) is 0 Å². The lowest BCUT2D eigenvalue weighted by atomic mass is 9.95. The number of halogens is 1. The molecule has 44 heavy (non-hydrogen) atoms. The predicted molar refractivity (Wildman–Crippen MR) is 173 cm³/mol. The summed E-state index contributed by atoms with van der Waals surface area (Å²) in [5.41, 5.74) is 4.57. The summed E-state index contributed by atoms with van der Waals surface area (Å²) in [7, 11) is 0. The second-order valence-corrected chi connectivity index (χ2v) is 12.0. The van der Waals surface area contributed by atoms with E-state index in [4.69, 9.17) is 16.6 Å². The minimum atomic E-state index is -0.734. The normalized spacial score (nSPS) is 16.8. The number of para-hydroxylation sites is 2. The molecule has 2 aliphatic heterocycles. The third-order valence-electron chi connectivity index (χ3n) is 7.79. The van der Waals surface area contributed by atoms with Gasteiger partial charge < -0.3 is 10.2 Å². The Balaban J connectivity index is 1.39. The summed E-state index contributed by atoms with van der Waals surface area (Å²) >= 11 is 7.26. The summed E-state index contributed by atoms with van der Waals surface area (Å²) in [6, 6.07) is 32.7. The first-order valence-electron chi connectivity index (χ1n) is 14.0. The van der Waals surface area contributed by atoms with Crippen LogP contribution >= 0.6 is 22.9 Å². The molecule has 0 saturated heterocycles. The number of nitrogens with one attached hydrogen (secondary N) is 1. The lowest BCUT2D eigenvalue weighted by Gasteiger charge is -2.25. The molecule has 7 rings (SSSR count). The first-order chi connectivity index (χ1) is 21.4. The van der Waals surface area contributed by atoms with Crippen LogP contribution in [0.1, 0.15) is 29.7 Å². The van der Waals surface area contributed by atoms with E-state index in [2.05, 4.69) is 5.32 Å². The molecule has 5 aromatic rings. The highest BCUT2D eigenvalue weighted by atomic mass is 35.5. The van der Waals surface area contributed by atoms with Crippen molar-refractivity contribution in [2.75, 3.05) is 10.2 Å². The third kappa shape index (κ3) is 4.78. The Morgan fingerprint density at radius 3 is 2.27 bits per heavy atom. The van der Waals surface area contributed by atoms with Gasteiger partial charge in [0.2, 0.25) is 0 Å². The number of aromatic nitrogens is 1. The number of carbonyl (C=O) groups is 2. The Kier molecular flexibility index (Phi) is 7.08. The molecule has 2 aliphatic rings. The van der Waals surface area contributed by atoms with Crippen molar-refractivity contribution in [1.29, 1.82) is 0 Å². The van der Waals surface area contributed by atoms with E-state index in [-0.39, 0.29) is 17.4 Å². The highest BCUT2D eigenvalue weighted by Crippen LogP contribution is 2.37. The van der Waals surface area contributed by atoms with Crippen LogP contribution < -0.4 is 25.1 Å². The fraction of sp³-hybridized carbons (Fsp3) is 0.0857. The topological polar surface area (TPSA) is 83.8 Å². The van der Waals surface area contributed by atoms with E-state index < -0.39 is 6.04 Å². The van der Waals surface area contributed by atoms with Crippen molar-refractivity contribution in [3.8, 4) is 0 Å². The Bertz CT molecular complexity index is 2150. The third-order valence-corrected chi connectivity index (χ3v) is 9.10. The molecular formula is C35H25ClN4O3S. The van der Waals surface area contributed by atoms with Crippen molar-refractivity contribution in [3.05, 3.63) is 162 Å². The van der Waals surface area contributed by atoms with E-state index in [1.165, 1.54) is 11.3 Å². The van der Waals surface area contributed by atoms with Crippen LogP contribution in [0.25, 0.3) is 5.57 Å². The monoisotopic (exact) mass is 616 g/mol. The summed E-state index contributed by atoms with van der Waals surface area (Å²) in [4.78, 5) is 49.2. The second-order valence-electron chi connectivity index (χ2n) is 10.5. The average Bonchev–Trinajstić information content (AvgIpc) is 3.50. The van der Waals surface area contributed by atoms with Gasteiger partial charge in [-0.25, -0.2) is 4.99 Å². The van der Waals surface area contributed by atoms with Crippen molar-refractivity contribution in [1.82, 2.24) is 4.57 Å². The van der Waals surface area contributed by atoms with Crippen molar-refractivity contribution in [2.45, 2.75) is 19.5 Å². The van der Waals surface area contributed by atoms with Gasteiger partial charge in [-0.05, 0) is 48.4 Å². The fourth-order valence-electron chi connectivity index (χ4n) is 5.76. The van der Waals surface area contributed by atoms with Crippen LogP contribution in [0.4, 0.5) is 11.4 Å². The number of thiazole rings is 1. The Hall–Kier alpha value is -5.05. The van der Waals surface area contributed by atoms with Crippen LogP contribution in [0.3, 0.4) is 0 Å². The zero-order valence-corrected chi connectivity index (χ0v) is 25.1. The molecule has 216 valence electrons. The molecule has 0 saturated carbocycles. The molecule has 3 heterocycles. The molecule has 0 unspecified atom stereocenters. The molecule has 0 bridgehead atoms. The molecule has 0 radical (unpaired) electrons. The van der Waals surface area contributed by atoms with Crippen molar-refractivity contribution < 1.29 is 9.59 Å². The van der Waals surface area contributed by atoms with Gasteiger partial charge in [-0.1, -0.05) is 102 Å². The highest BCUT2D eigenvalue weighted by Gasteiger charge is 2.37. The SMILES string of the molecule is CC1=C(C(=O)Nc2ccccc2)[C@H](c2ccccc2)n2c(s/c(=C3/C(=O)N(Cc4ccc(Cl)cc4)c4ccccc43)c2=O)=N1. The average molecular weight is 617 g/mol. The van der Waals surface area contributed by atoms with E-state index >= 15 is 0 Å². The van der Waals surface area contributed by atoms with Gasteiger partial charge in [0.25, 0.3) is 17.4 Å². The summed E-state index contributed by atoms with van der Waals surface area (Å²) in [6.45, 7) is 2.10. The molecule has 1 N–H and O–H groups in total. The number of carbonyl (C=O) groups excluding carboxylic acids is 2.